The lowest BCUT2D eigenvalue weighted by molar-refractivity contribution is -0.384. The number of anilines is 2. The summed E-state index contributed by atoms with van der Waals surface area (Å²) in [7, 11) is 0. The van der Waals surface area contributed by atoms with Gasteiger partial charge in [0.15, 0.2) is 0 Å². The van der Waals surface area contributed by atoms with E-state index in [1.807, 2.05) is 0 Å². The summed E-state index contributed by atoms with van der Waals surface area (Å²) in [5, 5.41) is 13.3. The van der Waals surface area contributed by atoms with Gasteiger partial charge in [-0.25, -0.2) is 4.98 Å². The molecule has 1 aromatic carbocycles. The molecule has 2 aromatic rings. The van der Waals surface area contributed by atoms with E-state index < -0.39 is 10.8 Å². The fourth-order valence-corrected chi connectivity index (χ4v) is 1.83. The molecular formula is C12H9BrN4O3. The minimum Gasteiger partial charge on any atom is -0.384 e. The molecule has 102 valence electrons. The van der Waals surface area contributed by atoms with Crippen LogP contribution in [0.5, 0.6) is 0 Å². The Morgan fingerprint density at radius 2 is 2.10 bits per heavy atom. The quantitative estimate of drug-likeness (QED) is 0.660. The van der Waals surface area contributed by atoms with Crippen molar-refractivity contribution in [3.8, 4) is 0 Å². The second kappa shape index (κ2) is 5.66. The van der Waals surface area contributed by atoms with Crippen molar-refractivity contribution in [3.63, 3.8) is 0 Å². The molecule has 0 spiro atoms. The summed E-state index contributed by atoms with van der Waals surface area (Å²) in [6, 6.07) is 8.73. The molecule has 8 heteroatoms. The first-order valence-corrected chi connectivity index (χ1v) is 6.24. The van der Waals surface area contributed by atoms with Crippen molar-refractivity contribution in [2.45, 2.75) is 0 Å². The van der Waals surface area contributed by atoms with E-state index in [2.05, 4.69) is 26.2 Å². The zero-order valence-corrected chi connectivity index (χ0v) is 11.6. The monoisotopic (exact) mass is 336 g/mol. The van der Waals surface area contributed by atoms with Gasteiger partial charge >= 0.3 is 0 Å². The molecule has 1 amide bonds. The maximum Gasteiger partial charge on any atom is 0.274 e. The van der Waals surface area contributed by atoms with E-state index in [9.17, 15) is 14.9 Å². The SMILES string of the molecule is Nc1cccc(C(=O)Nc2cc([N+](=O)[O-])ccc2Br)n1. The first kappa shape index (κ1) is 13.9. The zero-order valence-electron chi connectivity index (χ0n) is 10.0. The number of nitro benzene ring substituents is 1. The Bertz CT molecular complexity index is 690. The fourth-order valence-electron chi connectivity index (χ4n) is 1.49. The van der Waals surface area contributed by atoms with Gasteiger partial charge in [-0.05, 0) is 34.1 Å². The molecule has 2 rings (SSSR count). The second-order valence-electron chi connectivity index (χ2n) is 3.82. The Balaban J connectivity index is 2.27. The van der Waals surface area contributed by atoms with Gasteiger partial charge in [0.1, 0.15) is 11.5 Å². The van der Waals surface area contributed by atoms with Crippen LogP contribution in [0, 0.1) is 10.1 Å². The van der Waals surface area contributed by atoms with Crippen molar-refractivity contribution in [1.82, 2.24) is 4.98 Å². The molecule has 20 heavy (non-hydrogen) atoms. The minimum atomic E-state index is -0.541. The molecule has 3 N–H and O–H groups in total. The maximum atomic E-state index is 12.0. The van der Waals surface area contributed by atoms with E-state index in [0.29, 0.717) is 4.47 Å². The normalized spacial score (nSPS) is 10.1. The number of rotatable bonds is 3. The molecule has 0 radical (unpaired) electrons. The van der Waals surface area contributed by atoms with Crippen LogP contribution in [0.1, 0.15) is 10.5 Å². The van der Waals surface area contributed by atoms with Gasteiger partial charge in [-0.15, -0.1) is 0 Å². The molecule has 0 atom stereocenters. The number of carbonyl (C=O) groups is 1. The van der Waals surface area contributed by atoms with Gasteiger partial charge < -0.3 is 11.1 Å². The standard InChI is InChI=1S/C12H9BrN4O3/c13-8-5-4-7(17(19)20)6-10(8)16-12(18)9-2-1-3-11(14)15-9/h1-6H,(H2,14,15)(H,16,18). The average molecular weight is 337 g/mol. The van der Waals surface area contributed by atoms with Gasteiger partial charge in [0, 0.05) is 16.6 Å². The van der Waals surface area contributed by atoms with Crippen LogP contribution in [0.2, 0.25) is 0 Å². The van der Waals surface area contributed by atoms with Crippen LogP contribution in [-0.4, -0.2) is 15.8 Å². The van der Waals surface area contributed by atoms with Crippen molar-refractivity contribution in [2.75, 3.05) is 11.1 Å². The summed E-state index contributed by atoms with van der Waals surface area (Å²) in [6.07, 6.45) is 0. The minimum absolute atomic E-state index is 0.121. The van der Waals surface area contributed by atoms with Gasteiger partial charge in [0.25, 0.3) is 11.6 Å². The summed E-state index contributed by atoms with van der Waals surface area (Å²) in [6.45, 7) is 0. The van der Waals surface area contributed by atoms with Crippen LogP contribution in [0.25, 0.3) is 0 Å². The Morgan fingerprint density at radius 1 is 1.35 bits per heavy atom. The lowest BCUT2D eigenvalue weighted by Crippen LogP contribution is -2.14. The number of nitrogens with one attached hydrogen (secondary N) is 1. The predicted molar refractivity (Wildman–Crippen MR) is 77.4 cm³/mol. The number of pyridine rings is 1. The molecule has 7 nitrogen and oxygen atoms in total. The summed E-state index contributed by atoms with van der Waals surface area (Å²) < 4.78 is 0.528. The molecule has 0 unspecified atom stereocenters. The number of amides is 1. The van der Waals surface area contributed by atoms with Crippen LogP contribution in [0.15, 0.2) is 40.9 Å². The fraction of sp³-hybridized carbons (Fsp3) is 0. The van der Waals surface area contributed by atoms with Crippen LogP contribution in [-0.2, 0) is 0 Å². The number of nitro groups is 1. The number of benzene rings is 1. The zero-order chi connectivity index (χ0) is 14.7. The maximum absolute atomic E-state index is 12.0. The Labute approximate surface area is 122 Å². The highest BCUT2D eigenvalue weighted by Crippen LogP contribution is 2.27. The molecule has 1 heterocycles. The van der Waals surface area contributed by atoms with Gasteiger partial charge in [0.05, 0.1) is 10.6 Å². The van der Waals surface area contributed by atoms with E-state index in [0.717, 1.165) is 0 Å². The highest BCUT2D eigenvalue weighted by Gasteiger charge is 2.13. The number of non-ortho nitro benzene ring substituents is 1. The van der Waals surface area contributed by atoms with Crippen molar-refractivity contribution in [1.29, 1.82) is 0 Å². The van der Waals surface area contributed by atoms with Gasteiger partial charge in [-0.3, -0.25) is 14.9 Å². The van der Waals surface area contributed by atoms with Crippen LogP contribution < -0.4 is 11.1 Å². The van der Waals surface area contributed by atoms with Crippen molar-refractivity contribution >= 4 is 39.0 Å². The van der Waals surface area contributed by atoms with Crippen molar-refractivity contribution in [3.05, 3.63) is 56.7 Å². The topological polar surface area (TPSA) is 111 Å². The molecule has 0 fully saturated rings. The summed E-state index contributed by atoms with van der Waals surface area (Å²) in [5.74, 6) is -0.283. The second-order valence-corrected chi connectivity index (χ2v) is 4.68. The predicted octanol–water partition coefficient (Wildman–Crippen LogP) is 2.59. The molecular weight excluding hydrogens is 328 g/mol. The number of hydrogen-bond donors (Lipinski definition) is 2. The summed E-state index contributed by atoms with van der Waals surface area (Å²) >= 11 is 3.21. The lowest BCUT2D eigenvalue weighted by Gasteiger charge is -2.07. The number of nitrogen functional groups attached to an aromatic ring is 1. The molecule has 0 saturated carbocycles. The first-order chi connectivity index (χ1) is 9.47. The van der Waals surface area contributed by atoms with Crippen LogP contribution in [0.4, 0.5) is 17.2 Å². The third kappa shape index (κ3) is 3.09. The smallest absolute Gasteiger partial charge is 0.274 e. The number of nitrogens with zero attached hydrogens (tertiary/aromatic N) is 2. The number of halogens is 1. The van der Waals surface area contributed by atoms with Crippen molar-refractivity contribution < 1.29 is 9.72 Å². The highest BCUT2D eigenvalue weighted by molar-refractivity contribution is 9.10. The Hall–Kier alpha value is -2.48. The Kier molecular flexibility index (Phi) is 3.94. The third-order valence-corrected chi connectivity index (χ3v) is 3.10. The van der Waals surface area contributed by atoms with Crippen molar-refractivity contribution in [2.24, 2.45) is 0 Å². The molecule has 0 aliphatic rings. The molecule has 0 aliphatic carbocycles. The van der Waals surface area contributed by atoms with E-state index in [4.69, 9.17) is 5.73 Å². The molecule has 1 aromatic heterocycles. The average Bonchev–Trinajstić information content (AvgIpc) is 2.41. The van der Waals surface area contributed by atoms with Gasteiger partial charge in [-0.2, -0.15) is 0 Å². The third-order valence-electron chi connectivity index (χ3n) is 2.41. The Morgan fingerprint density at radius 3 is 2.75 bits per heavy atom. The van der Waals surface area contributed by atoms with Crippen LogP contribution >= 0.6 is 15.9 Å². The van der Waals surface area contributed by atoms with Gasteiger partial charge in [0.2, 0.25) is 0 Å². The summed E-state index contributed by atoms with van der Waals surface area (Å²) in [4.78, 5) is 26.0. The lowest BCUT2D eigenvalue weighted by atomic mass is 10.2. The summed E-state index contributed by atoms with van der Waals surface area (Å²) in [5.41, 5.74) is 5.79. The van der Waals surface area contributed by atoms with Crippen LogP contribution in [0.3, 0.4) is 0 Å². The number of aromatic nitrogens is 1. The molecule has 0 bridgehead atoms. The van der Waals surface area contributed by atoms with Gasteiger partial charge in [-0.1, -0.05) is 6.07 Å². The van der Waals surface area contributed by atoms with E-state index in [-0.39, 0.29) is 22.9 Å². The first-order valence-electron chi connectivity index (χ1n) is 5.45. The molecule has 0 saturated heterocycles. The van der Waals surface area contributed by atoms with E-state index >= 15 is 0 Å². The molecule has 0 aliphatic heterocycles. The number of hydrogen-bond acceptors (Lipinski definition) is 5. The van der Waals surface area contributed by atoms with E-state index in [1.165, 1.54) is 24.3 Å². The largest absolute Gasteiger partial charge is 0.384 e. The highest BCUT2D eigenvalue weighted by atomic mass is 79.9. The van der Waals surface area contributed by atoms with E-state index in [1.54, 1.807) is 12.1 Å². The number of carbonyl (C=O) groups excluding carboxylic acids is 1. The number of nitrogens with two attached hydrogens (primary N) is 1.